The van der Waals surface area contributed by atoms with Gasteiger partial charge in [-0.3, -0.25) is 0 Å². The van der Waals surface area contributed by atoms with Crippen LogP contribution in [0, 0.1) is 10.8 Å². The van der Waals surface area contributed by atoms with E-state index in [0.717, 1.165) is 13.8 Å². The fourth-order valence-corrected chi connectivity index (χ4v) is 5.03. The van der Waals surface area contributed by atoms with Gasteiger partial charge in [0.25, 0.3) is 0 Å². The molecule has 332 valence electrons. The average molecular weight is 853 g/mol. The molecule has 0 aliphatic carbocycles. The molecule has 0 aliphatic heterocycles. The van der Waals surface area contributed by atoms with E-state index in [9.17, 15) is 59.7 Å². The largest absolute Gasteiger partial charge is 0.461 e. The van der Waals surface area contributed by atoms with Gasteiger partial charge in [-0.25, -0.2) is 14.4 Å². The topological polar surface area (TPSA) is 119 Å². The van der Waals surface area contributed by atoms with Gasteiger partial charge in [0.1, 0.15) is 19.8 Å². The number of esters is 3. The second-order valence-corrected chi connectivity index (χ2v) is 14.8. The Balaban J connectivity index is 6.93. The highest BCUT2D eigenvalue weighted by atomic mass is 19.4. The second kappa shape index (κ2) is 21.1. The number of aliphatic hydroxyl groups is 2. The van der Waals surface area contributed by atoms with Crippen LogP contribution in [0.2, 0.25) is 0 Å². The number of carbonyl (C=O) groups excluding carboxylic acids is 3. The molecule has 0 saturated carbocycles. The van der Waals surface area contributed by atoms with Crippen LogP contribution in [-0.2, 0) is 28.6 Å². The molecule has 0 fully saturated rings. The zero-order valence-electron chi connectivity index (χ0n) is 32.3. The lowest BCUT2D eigenvalue weighted by molar-refractivity contribution is -0.427. The minimum Gasteiger partial charge on any atom is -0.461 e. The van der Waals surface area contributed by atoms with Crippen molar-refractivity contribution in [1.82, 2.24) is 0 Å². The van der Waals surface area contributed by atoms with E-state index in [1.807, 2.05) is 0 Å². The van der Waals surface area contributed by atoms with Crippen molar-refractivity contribution in [2.24, 2.45) is 10.8 Å². The van der Waals surface area contributed by atoms with Crippen LogP contribution in [0.15, 0.2) is 36.5 Å². The molecule has 0 saturated heterocycles. The SMILES string of the molecule is C=C(C)C(=O)OCC(COC(=O)C(=C)C)(COC(=O)C(=C)CCCCC(C)(CO)CO)CC(F)(F)C(F)(F)C(F)(F)C(F)(F)C(F)(F)C(F)(F)CCCCCCC. The lowest BCUT2D eigenvalue weighted by Crippen LogP contribution is -2.71. The molecule has 8 nitrogen and oxygen atoms in total. The predicted octanol–water partition coefficient (Wildman–Crippen LogP) is 9.42. The smallest absolute Gasteiger partial charge is 0.384 e. The number of carbonyl (C=O) groups is 3. The Morgan fingerprint density at radius 3 is 1.33 bits per heavy atom. The summed E-state index contributed by atoms with van der Waals surface area (Å²) in [7, 11) is 0. The summed E-state index contributed by atoms with van der Waals surface area (Å²) in [4.78, 5) is 37.3. The summed E-state index contributed by atoms with van der Waals surface area (Å²) >= 11 is 0. The molecule has 57 heavy (non-hydrogen) atoms. The van der Waals surface area contributed by atoms with Crippen LogP contribution in [-0.4, -0.2) is 96.7 Å². The summed E-state index contributed by atoms with van der Waals surface area (Å²) in [6.07, 6.45) is -4.86. The summed E-state index contributed by atoms with van der Waals surface area (Å²) in [5.41, 5.74) is -5.57. The number of hydrogen-bond donors (Lipinski definition) is 2. The third-order valence-corrected chi connectivity index (χ3v) is 9.08. The van der Waals surface area contributed by atoms with E-state index in [1.54, 1.807) is 13.8 Å². The number of hydrogen-bond acceptors (Lipinski definition) is 8. The molecule has 0 spiro atoms. The summed E-state index contributed by atoms with van der Waals surface area (Å²) in [6.45, 7) is 9.09. The van der Waals surface area contributed by atoms with Gasteiger partial charge in [-0.1, -0.05) is 65.7 Å². The third kappa shape index (κ3) is 13.6. The van der Waals surface area contributed by atoms with E-state index >= 15 is 17.6 Å². The molecule has 0 atom stereocenters. The summed E-state index contributed by atoms with van der Waals surface area (Å²) in [6, 6.07) is 0. The van der Waals surface area contributed by atoms with Gasteiger partial charge in [-0.15, -0.1) is 0 Å². The van der Waals surface area contributed by atoms with Crippen LogP contribution in [0.3, 0.4) is 0 Å². The Morgan fingerprint density at radius 2 is 0.930 bits per heavy atom. The molecule has 2 N–H and O–H groups in total. The van der Waals surface area contributed by atoms with Gasteiger partial charge in [0.2, 0.25) is 0 Å². The molecular weight excluding hydrogens is 800 g/mol. The standard InChI is InChI=1S/C37H52F12O8/c1-8-9-10-11-13-17-32(38,39)34(42,43)36(46,47)37(48,49)35(44,45)33(40,41)18-31(21-55-27(52)24(2)3,22-56-28(53)25(4)5)23-57-29(54)26(6)15-12-14-16-30(7,19-50)20-51/h50-51H,2,4,6,8-23H2,1,3,5,7H3. The fraction of sp³-hybridized carbons (Fsp3) is 0.757. The summed E-state index contributed by atoms with van der Waals surface area (Å²) in [5.74, 6) is -47.8. The van der Waals surface area contributed by atoms with Crippen molar-refractivity contribution in [2.75, 3.05) is 33.0 Å². The van der Waals surface area contributed by atoms with Crippen LogP contribution in [0.1, 0.15) is 98.3 Å². The second-order valence-electron chi connectivity index (χ2n) is 14.8. The first-order valence-corrected chi connectivity index (χ1v) is 17.8. The molecule has 0 aromatic rings. The lowest BCUT2D eigenvalue weighted by Gasteiger charge is -2.43. The van der Waals surface area contributed by atoms with Crippen LogP contribution in [0.25, 0.3) is 0 Å². The van der Waals surface area contributed by atoms with E-state index in [2.05, 4.69) is 19.7 Å². The summed E-state index contributed by atoms with van der Waals surface area (Å²) < 4.78 is 194. The molecule has 0 unspecified atom stereocenters. The quantitative estimate of drug-likeness (QED) is 0.0251. The van der Waals surface area contributed by atoms with Crippen LogP contribution in [0.4, 0.5) is 52.7 Å². The Hall–Kier alpha value is -3.29. The minimum absolute atomic E-state index is 0.136. The van der Waals surface area contributed by atoms with Crippen molar-refractivity contribution < 1.29 is 91.5 Å². The Morgan fingerprint density at radius 1 is 0.544 bits per heavy atom. The van der Waals surface area contributed by atoms with Gasteiger partial charge in [0.15, 0.2) is 0 Å². The lowest BCUT2D eigenvalue weighted by atomic mass is 9.79. The molecule has 0 rings (SSSR count). The van der Waals surface area contributed by atoms with Crippen molar-refractivity contribution in [1.29, 1.82) is 0 Å². The van der Waals surface area contributed by atoms with Crippen LogP contribution < -0.4 is 0 Å². The minimum atomic E-state index is -7.93. The van der Waals surface area contributed by atoms with E-state index < -0.39 is 133 Å². The monoisotopic (exact) mass is 852 g/mol. The molecular formula is C37H52F12O8. The molecule has 0 aliphatic rings. The maximum Gasteiger partial charge on any atom is 0.384 e. The highest BCUT2D eigenvalue weighted by molar-refractivity contribution is 5.88. The van der Waals surface area contributed by atoms with Crippen LogP contribution >= 0.6 is 0 Å². The van der Waals surface area contributed by atoms with Gasteiger partial charge < -0.3 is 24.4 Å². The molecule has 0 heterocycles. The predicted molar refractivity (Wildman–Crippen MR) is 182 cm³/mol. The van der Waals surface area contributed by atoms with Crippen LogP contribution in [0.5, 0.6) is 0 Å². The number of aliphatic hydroxyl groups excluding tert-OH is 2. The van der Waals surface area contributed by atoms with E-state index in [4.69, 9.17) is 14.2 Å². The molecule has 20 heteroatoms. The number of alkyl halides is 12. The molecule has 0 radical (unpaired) electrons. The number of halogens is 12. The molecule has 0 aromatic heterocycles. The maximum absolute atomic E-state index is 15.6. The van der Waals surface area contributed by atoms with Gasteiger partial charge in [-0.2, -0.15) is 52.7 Å². The fourth-order valence-electron chi connectivity index (χ4n) is 5.03. The maximum atomic E-state index is 15.6. The van der Waals surface area contributed by atoms with Crippen molar-refractivity contribution in [3.05, 3.63) is 36.5 Å². The third-order valence-electron chi connectivity index (χ3n) is 9.08. The molecule has 0 bridgehead atoms. The Bertz CT molecular complexity index is 1360. The molecule has 0 amide bonds. The van der Waals surface area contributed by atoms with Gasteiger partial charge in [0.05, 0.1) is 18.6 Å². The van der Waals surface area contributed by atoms with E-state index in [1.165, 1.54) is 0 Å². The summed E-state index contributed by atoms with van der Waals surface area (Å²) in [5, 5.41) is 18.8. The normalized spacial score (nSPS) is 13.6. The Kier molecular flexibility index (Phi) is 19.9. The Labute approximate surface area is 323 Å². The van der Waals surface area contributed by atoms with E-state index in [-0.39, 0.29) is 38.5 Å². The van der Waals surface area contributed by atoms with Crippen molar-refractivity contribution in [2.45, 2.75) is 134 Å². The first kappa shape index (κ1) is 53.7. The molecule has 0 aromatic carbocycles. The highest BCUT2D eigenvalue weighted by Crippen LogP contribution is 2.62. The van der Waals surface area contributed by atoms with E-state index in [0.29, 0.717) is 12.8 Å². The number of unbranched alkanes of at least 4 members (excludes halogenated alkanes) is 5. The van der Waals surface area contributed by atoms with Crippen molar-refractivity contribution in [3.8, 4) is 0 Å². The zero-order valence-corrected chi connectivity index (χ0v) is 32.3. The van der Waals surface area contributed by atoms with Crippen molar-refractivity contribution >= 4 is 17.9 Å². The number of rotatable bonds is 29. The first-order valence-electron chi connectivity index (χ1n) is 17.8. The van der Waals surface area contributed by atoms with Gasteiger partial charge >= 0.3 is 53.4 Å². The zero-order chi connectivity index (χ0) is 44.9. The van der Waals surface area contributed by atoms with Crippen molar-refractivity contribution in [3.63, 3.8) is 0 Å². The van der Waals surface area contributed by atoms with Gasteiger partial charge in [-0.05, 0) is 39.5 Å². The van der Waals surface area contributed by atoms with Gasteiger partial charge in [0, 0.05) is 35.0 Å². The highest BCUT2D eigenvalue weighted by Gasteiger charge is 2.90. The first-order chi connectivity index (χ1) is 25.8. The average Bonchev–Trinajstić information content (AvgIpc) is 3.12. The number of ether oxygens (including phenoxy) is 3.